The molecule has 0 aliphatic rings. The summed E-state index contributed by atoms with van der Waals surface area (Å²) < 4.78 is 10.7. The van der Waals surface area contributed by atoms with E-state index in [1.54, 1.807) is 31.4 Å². The van der Waals surface area contributed by atoms with Gasteiger partial charge in [0, 0.05) is 11.8 Å². The number of hydrogen-bond acceptors (Lipinski definition) is 4. The van der Waals surface area contributed by atoms with Crippen molar-refractivity contribution in [2.45, 2.75) is 6.92 Å². The summed E-state index contributed by atoms with van der Waals surface area (Å²) in [5.74, 6) is -0.301. The quantitative estimate of drug-likeness (QED) is 0.712. The number of carbonyl (C=O) groups is 2. The highest BCUT2D eigenvalue weighted by atomic mass is 35.5. The maximum atomic E-state index is 12.0. The van der Waals surface area contributed by atoms with Crippen LogP contribution in [-0.2, 0) is 4.79 Å². The Labute approximate surface area is 156 Å². The molecule has 136 valence electrons. The second kappa shape index (κ2) is 8.92. The first-order chi connectivity index (χ1) is 12.4. The number of amides is 1. The number of hydrogen-bond donors (Lipinski definition) is 2. The van der Waals surface area contributed by atoms with Gasteiger partial charge in [-0.3, -0.25) is 4.79 Å². The van der Waals surface area contributed by atoms with Crippen LogP contribution in [0.1, 0.15) is 22.8 Å². The zero-order valence-electron chi connectivity index (χ0n) is 14.3. The van der Waals surface area contributed by atoms with Gasteiger partial charge in [-0.1, -0.05) is 17.7 Å². The van der Waals surface area contributed by atoms with E-state index >= 15 is 0 Å². The fraction of sp³-hybridized carbons (Fsp3) is 0.158. The molecule has 6 nitrogen and oxygen atoms in total. The lowest BCUT2D eigenvalue weighted by Gasteiger charge is -2.09. The van der Waals surface area contributed by atoms with Crippen molar-refractivity contribution in [3.8, 4) is 11.5 Å². The first-order valence-electron chi connectivity index (χ1n) is 7.77. The number of aromatic carboxylic acids is 1. The van der Waals surface area contributed by atoms with E-state index < -0.39 is 5.97 Å². The van der Waals surface area contributed by atoms with Crippen molar-refractivity contribution in [2.75, 3.05) is 19.0 Å². The molecule has 0 aliphatic carbocycles. The molecule has 2 aromatic rings. The van der Waals surface area contributed by atoms with Crippen molar-refractivity contribution >= 4 is 35.2 Å². The van der Waals surface area contributed by atoms with Gasteiger partial charge in [-0.15, -0.1) is 0 Å². The normalized spacial score (nSPS) is 10.6. The van der Waals surface area contributed by atoms with Crippen LogP contribution in [0.4, 0.5) is 5.69 Å². The molecule has 26 heavy (non-hydrogen) atoms. The van der Waals surface area contributed by atoms with E-state index in [0.717, 1.165) is 5.56 Å². The highest BCUT2D eigenvalue weighted by Crippen LogP contribution is 2.28. The summed E-state index contributed by atoms with van der Waals surface area (Å²) in [5.41, 5.74) is 1.14. The van der Waals surface area contributed by atoms with Crippen LogP contribution < -0.4 is 14.8 Å². The lowest BCUT2D eigenvalue weighted by atomic mass is 10.2. The number of nitrogens with one attached hydrogen (secondary N) is 1. The predicted octanol–water partition coefficient (Wildman–Crippen LogP) is 4.10. The summed E-state index contributed by atoms with van der Waals surface area (Å²) in [6.45, 7) is 2.41. The van der Waals surface area contributed by atoms with Crippen molar-refractivity contribution in [2.24, 2.45) is 0 Å². The highest BCUT2D eigenvalue weighted by Gasteiger charge is 2.09. The van der Waals surface area contributed by atoms with Crippen LogP contribution in [0.2, 0.25) is 5.02 Å². The number of anilines is 1. The van der Waals surface area contributed by atoms with Crippen molar-refractivity contribution in [1.29, 1.82) is 0 Å². The summed E-state index contributed by atoms with van der Waals surface area (Å²) in [6, 6.07) is 9.52. The Kier molecular flexibility index (Phi) is 6.63. The molecule has 7 heteroatoms. The van der Waals surface area contributed by atoms with Crippen molar-refractivity contribution in [3.05, 3.63) is 58.6 Å². The second-order valence-electron chi connectivity index (χ2n) is 5.17. The average molecular weight is 376 g/mol. The fourth-order valence-electron chi connectivity index (χ4n) is 2.18. The number of benzene rings is 2. The third-order valence-electron chi connectivity index (χ3n) is 3.38. The minimum Gasteiger partial charge on any atom is -0.493 e. The smallest absolute Gasteiger partial charge is 0.337 e. The monoisotopic (exact) mass is 375 g/mol. The molecular weight excluding hydrogens is 358 g/mol. The Balaban J connectivity index is 2.07. The Bertz CT molecular complexity index is 848. The number of carbonyl (C=O) groups excluding carboxylic acids is 1. The van der Waals surface area contributed by atoms with Gasteiger partial charge in [-0.2, -0.15) is 0 Å². The van der Waals surface area contributed by atoms with Crippen molar-refractivity contribution < 1.29 is 24.2 Å². The van der Waals surface area contributed by atoms with E-state index in [9.17, 15) is 9.59 Å². The molecule has 1 amide bonds. The summed E-state index contributed by atoms with van der Waals surface area (Å²) in [4.78, 5) is 23.0. The molecule has 2 rings (SSSR count). The van der Waals surface area contributed by atoms with Gasteiger partial charge in [0.15, 0.2) is 11.5 Å². The van der Waals surface area contributed by atoms with E-state index in [4.69, 9.17) is 26.2 Å². The van der Waals surface area contributed by atoms with Crippen LogP contribution in [0, 0.1) is 0 Å². The van der Waals surface area contributed by atoms with Gasteiger partial charge in [0.05, 0.1) is 24.3 Å². The van der Waals surface area contributed by atoms with Crippen LogP contribution in [0.15, 0.2) is 42.5 Å². The SMILES string of the molecule is CCOc1ccc(/C=C/C(=O)Nc2ccc(C(=O)O)c(Cl)c2)cc1OC. The molecule has 0 heterocycles. The number of carboxylic acids is 1. The molecular formula is C19H18ClNO5. The molecule has 2 N–H and O–H groups in total. The Morgan fingerprint density at radius 3 is 2.58 bits per heavy atom. The molecule has 0 saturated carbocycles. The predicted molar refractivity (Wildman–Crippen MR) is 100 cm³/mol. The number of rotatable bonds is 7. The fourth-order valence-corrected chi connectivity index (χ4v) is 2.45. The molecule has 0 saturated heterocycles. The zero-order valence-corrected chi connectivity index (χ0v) is 15.0. The van der Waals surface area contributed by atoms with E-state index in [1.807, 2.05) is 6.92 Å². The van der Waals surface area contributed by atoms with E-state index in [0.29, 0.717) is 23.8 Å². The minimum absolute atomic E-state index is 0.0262. The van der Waals surface area contributed by atoms with Gasteiger partial charge in [-0.05, 0) is 48.9 Å². The Morgan fingerprint density at radius 1 is 1.19 bits per heavy atom. The summed E-state index contributed by atoms with van der Waals surface area (Å²) in [5, 5.41) is 11.6. The zero-order chi connectivity index (χ0) is 19.1. The average Bonchev–Trinajstić information content (AvgIpc) is 2.60. The van der Waals surface area contributed by atoms with Crippen molar-refractivity contribution in [1.82, 2.24) is 0 Å². The molecule has 0 aromatic heterocycles. The van der Waals surface area contributed by atoms with E-state index in [2.05, 4.69) is 5.32 Å². The maximum absolute atomic E-state index is 12.0. The molecule has 0 unspecified atom stereocenters. The summed E-state index contributed by atoms with van der Waals surface area (Å²) in [7, 11) is 1.54. The molecule has 0 aliphatic heterocycles. The molecule has 2 aromatic carbocycles. The molecule has 0 spiro atoms. The Morgan fingerprint density at radius 2 is 1.96 bits per heavy atom. The summed E-state index contributed by atoms with van der Waals surface area (Å²) in [6.07, 6.45) is 2.98. The van der Waals surface area contributed by atoms with Gasteiger partial charge in [0.1, 0.15) is 0 Å². The first-order valence-corrected chi connectivity index (χ1v) is 8.15. The number of halogens is 1. The topological polar surface area (TPSA) is 84.9 Å². The van der Waals surface area contributed by atoms with E-state index in [-0.39, 0.29) is 16.5 Å². The molecule has 0 atom stereocenters. The number of methoxy groups -OCH3 is 1. The third-order valence-corrected chi connectivity index (χ3v) is 3.69. The maximum Gasteiger partial charge on any atom is 0.337 e. The molecule has 0 radical (unpaired) electrons. The van der Waals surface area contributed by atoms with Gasteiger partial charge in [0.25, 0.3) is 0 Å². The largest absolute Gasteiger partial charge is 0.493 e. The molecule has 0 fully saturated rings. The summed E-state index contributed by atoms with van der Waals surface area (Å²) >= 11 is 5.88. The van der Waals surface area contributed by atoms with Gasteiger partial charge >= 0.3 is 5.97 Å². The lowest BCUT2D eigenvalue weighted by Crippen LogP contribution is -2.08. The van der Waals surface area contributed by atoms with Crippen molar-refractivity contribution in [3.63, 3.8) is 0 Å². The number of carboxylic acid groups (broad SMARTS) is 1. The van der Waals surface area contributed by atoms with Crippen LogP contribution in [0.5, 0.6) is 11.5 Å². The standard InChI is InChI=1S/C19H18ClNO5/c1-3-26-16-8-4-12(10-17(16)25-2)5-9-18(22)21-13-6-7-14(19(23)24)15(20)11-13/h4-11H,3H2,1-2H3,(H,21,22)(H,23,24)/b9-5+. The van der Waals surface area contributed by atoms with E-state index in [1.165, 1.54) is 24.3 Å². The van der Waals surface area contributed by atoms with Crippen LogP contribution in [0.3, 0.4) is 0 Å². The van der Waals surface area contributed by atoms with Gasteiger partial charge in [0.2, 0.25) is 5.91 Å². The van der Waals surface area contributed by atoms with Crippen LogP contribution in [0.25, 0.3) is 6.08 Å². The first kappa shape index (κ1) is 19.3. The third kappa shape index (κ3) is 5.00. The number of ether oxygens (including phenoxy) is 2. The lowest BCUT2D eigenvalue weighted by molar-refractivity contribution is -0.111. The van der Waals surface area contributed by atoms with Gasteiger partial charge < -0.3 is 19.9 Å². The van der Waals surface area contributed by atoms with Gasteiger partial charge in [-0.25, -0.2) is 4.79 Å². The second-order valence-corrected chi connectivity index (χ2v) is 5.57. The van der Waals surface area contributed by atoms with Crippen LogP contribution in [-0.4, -0.2) is 30.7 Å². The molecule has 0 bridgehead atoms. The van der Waals surface area contributed by atoms with Crippen LogP contribution >= 0.6 is 11.6 Å². The minimum atomic E-state index is -1.13. The highest BCUT2D eigenvalue weighted by molar-refractivity contribution is 6.33. The Hall–Kier alpha value is -2.99.